The Balaban J connectivity index is 2.45. The average molecular weight is 411 g/mol. The molecule has 102 valence electrons. The largest absolute Gasteiger partial charge is 0.431 e. The molecule has 19 heavy (non-hydrogen) atoms. The Morgan fingerprint density at radius 1 is 1.32 bits per heavy atom. The molecule has 6 nitrogen and oxygen atoms in total. The van der Waals surface area contributed by atoms with Crippen LogP contribution < -0.4 is 10.5 Å². The van der Waals surface area contributed by atoms with Crippen molar-refractivity contribution in [2.75, 3.05) is 10.5 Å². The lowest BCUT2D eigenvalue weighted by Gasteiger charge is -2.09. The van der Waals surface area contributed by atoms with Crippen LogP contribution in [0.1, 0.15) is 5.69 Å². The van der Waals surface area contributed by atoms with E-state index in [-0.39, 0.29) is 10.9 Å². The minimum absolute atomic E-state index is 0.0255. The molecule has 0 aliphatic heterocycles. The molecule has 0 atom stereocenters. The summed E-state index contributed by atoms with van der Waals surface area (Å²) in [6, 6.07) is 2.91. The number of nitrogens with one attached hydrogen (secondary N) is 1. The summed E-state index contributed by atoms with van der Waals surface area (Å²) in [5, 5.41) is 0. The summed E-state index contributed by atoms with van der Waals surface area (Å²) in [6.07, 6.45) is 1.35. The third kappa shape index (κ3) is 3.10. The normalized spacial score (nSPS) is 11.5. The molecule has 2 aromatic rings. The fourth-order valence-electron chi connectivity index (χ4n) is 1.40. The second-order valence-corrected chi connectivity index (χ2v) is 7.04. The number of hydrogen-bond acceptors (Lipinski definition) is 5. The number of rotatable bonds is 3. The van der Waals surface area contributed by atoms with Gasteiger partial charge in [-0.05, 0) is 50.9 Å². The zero-order valence-corrected chi connectivity index (χ0v) is 13.6. The molecular formula is C10H9Br2N3O3S. The minimum Gasteiger partial charge on any atom is -0.431 e. The molecule has 3 N–H and O–H groups in total. The van der Waals surface area contributed by atoms with Gasteiger partial charge in [-0.2, -0.15) is 4.98 Å². The van der Waals surface area contributed by atoms with Crippen LogP contribution in [0.15, 0.2) is 36.7 Å². The first kappa shape index (κ1) is 14.4. The molecule has 1 aromatic carbocycles. The smallest absolute Gasteiger partial charge is 0.309 e. The number of nitrogens with two attached hydrogens (primary N) is 1. The zero-order valence-electron chi connectivity index (χ0n) is 9.65. The fourth-order valence-corrected chi connectivity index (χ4v) is 4.96. The van der Waals surface area contributed by atoms with Crippen LogP contribution in [0.5, 0.6) is 0 Å². The van der Waals surface area contributed by atoms with E-state index >= 15 is 0 Å². The van der Waals surface area contributed by atoms with Crippen molar-refractivity contribution in [2.24, 2.45) is 0 Å². The summed E-state index contributed by atoms with van der Waals surface area (Å²) in [7, 11) is -3.83. The highest BCUT2D eigenvalue weighted by atomic mass is 79.9. The number of nitrogens with zero attached hydrogens (tertiary/aromatic N) is 1. The predicted molar refractivity (Wildman–Crippen MR) is 78.3 cm³/mol. The van der Waals surface area contributed by atoms with Crippen molar-refractivity contribution in [1.82, 2.24) is 4.98 Å². The average Bonchev–Trinajstić information content (AvgIpc) is 2.60. The van der Waals surface area contributed by atoms with E-state index in [1.54, 1.807) is 6.92 Å². The number of sulfonamides is 1. The molecular weight excluding hydrogens is 402 g/mol. The van der Waals surface area contributed by atoms with Gasteiger partial charge in [0, 0.05) is 14.6 Å². The number of aromatic nitrogens is 1. The summed E-state index contributed by atoms with van der Waals surface area (Å²) < 4.78 is 32.4. The Bertz CT molecular complexity index is 704. The summed E-state index contributed by atoms with van der Waals surface area (Å²) in [5.74, 6) is 0. The molecule has 0 aliphatic carbocycles. The number of nitrogen functional groups attached to an aromatic ring is 1. The van der Waals surface area contributed by atoms with E-state index in [0.29, 0.717) is 20.3 Å². The number of oxazole rings is 1. The van der Waals surface area contributed by atoms with E-state index in [0.717, 1.165) is 0 Å². The SMILES string of the molecule is Cc1coc(NS(=O)(=O)c2c(Br)cc(N)cc2Br)n1. The van der Waals surface area contributed by atoms with Crippen LogP contribution in [0, 0.1) is 6.92 Å². The van der Waals surface area contributed by atoms with Crippen LogP contribution >= 0.6 is 31.9 Å². The van der Waals surface area contributed by atoms with E-state index < -0.39 is 10.0 Å². The molecule has 0 spiro atoms. The molecule has 9 heteroatoms. The lowest BCUT2D eigenvalue weighted by atomic mass is 10.3. The summed E-state index contributed by atoms with van der Waals surface area (Å²) in [6.45, 7) is 1.69. The quantitative estimate of drug-likeness (QED) is 0.758. The summed E-state index contributed by atoms with van der Waals surface area (Å²) in [4.78, 5) is 3.91. The zero-order chi connectivity index (χ0) is 14.2. The standard InChI is InChI=1S/C10H9Br2N3O3S/c1-5-4-18-10(14-5)15-19(16,17)9-7(11)2-6(13)3-8(9)12/h2-4H,13H2,1H3,(H,14,15). The van der Waals surface area contributed by atoms with Gasteiger partial charge in [0.05, 0.1) is 5.69 Å². The molecule has 1 heterocycles. The van der Waals surface area contributed by atoms with Crippen LogP contribution in [-0.4, -0.2) is 13.4 Å². The topological polar surface area (TPSA) is 98.2 Å². The van der Waals surface area contributed by atoms with E-state index in [4.69, 9.17) is 10.2 Å². The molecule has 0 unspecified atom stereocenters. The van der Waals surface area contributed by atoms with Gasteiger partial charge in [-0.1, -0.05) is 0 Å². The van der Waals surface area contributed by atoms with Crippen LogP contribution in [0.4, 0.5) is 11.7 Å². The van der Waals surface area contributed by atoms with Crippen molar-refractivity contribution >= 4 is 53.6 Å². The van der Waals surface area contributed by atoms with Crippen molar-refractivity contribution in [3.8, 4) is 0 Å². The van der Waals surface area contributed by atoms with Crippen molar-refractivity contribution < 1.29 is 12.8 Å². The van der Waals surface area contributed by atoms with Gasteiger partial charge in [-0.25, -0.2) is 13.1 Å². The maximum Gasteiger partial charge on any atom is 0.309 e. The van der Waals surface area contributed by atoms with E-state index in [9.17, 15) is 8.42 Å². The van der Waals surface area contributed by atoms with E-state index in [1.807, 2.05) is 0 Å². The molecule has 0 saturated carbocycles. The first-order valence-corrected chi connectivity index (χ1v) is 8.06. The number of halogens is 2. The minimum atomic E-state index is -3.83. The molecule has 1 aromatic heterocycles. The molecule has 0 saturated heterocycles. The maximum atomic E-state index is 12.3. The molecule has 0 aliphatic rings. The first-order valence-electron chi connectivity index (χ1n) is 4.99. The van der Waals surface area contributed by atoms with Gasteiger partial charge >= 0.3 is 6.01 Å². The highest BCUT2D eigenvalue weighted by molar-refractivity contribution is 9.11. The van der Waals surface area contributed by atoms with Gasteiger partial charge in [0.15, 0.2) is 0 Å². The second kappa shape index (κ2) is 5.14. The van der Waals surface area contributed by atoms with Crippen molar-refractivity contribution in [3.05, 3.63) is 33.0 Å². The van der Waals surface area contributed by atoms with Gasteiger partial charge in [-0.3, -0.25) is 0 Å². The molecule has 0 amide bonds. The van der Waals surface area contributed by atoms with Gasteiger partial charge < -0.3 is 10.2 Å². The van der Waals surface area contributed by atoms with Crippen molar-refractivity contribution in [2.45, 2.75) is 11.8 Å². The number of anilines is 2. The summed E-state index contributed by atoms with van der Waals surface area (Å²) >= 11 is 6.34. The Labute approximate surface area is 126 Å². The highest BCUT2D eigenvalue weighted by Crippen LogP contribution is 2.33. The number of hydrogen-bond donors (Lipinski definition) is 2. The second-order valence-electron chi connectivity index (χ2n) is 3.71. The molecule has 0 bridgehead atoms. The predicted octanol–water partition coefficient (Wildman–Crippen LogP) is 2.89. The van der Waals surface area contributed by atoms with Crippen LogP contribution in [0.3, 0.4) is 0 Å². The Hall–Kier alpha value is -1.06. The van der Waals surface area contributed by atoms with Crippen LogP contribution in [0.2, 0.25) is 0 Å². The van der Waals surface area contributed by atoms with Crippen molar-refractivity contribution in [1.29, 1.82) is 0 Å². The number of aryl methyl sites for hydroxylation is 1. The summed E-state index contributed by atoms with van der Waals surface area (Å²) in [5.41, 5.74) is 6.63. The monoisotopic (exact) mass is 409 g/mol. The van der Waals surface area contributed by atoms with E-state index in [1.165, 1.54) is 18.4 Å². The maximum absolute atomic E-state index is 12.3. The molecule has 2 rings (SSSR count). The van der Waals surface area contributed by atoms with Gasteiger partial charge in [0.25, 0.3) is 10.0 Å². The van der Waals surface area contributed by atoms with Crippen molar-refractivity contribution in [3.63, 3.8) is 0 Å². The Morgan fingerprint density at radius 2 is 1.89 bits per heavy atom. The Morgan fingerprint density at radius 3 is 2.37 bits per heavy atom. The molecule has 0 fully saturated rings. The number of benzene rings is 1. The van der Waals surface area contributed by atoms with Gasteiger partial charge in [-0.15, -0.1) is 0 Å². The molecule has 0 radical (unpaired) electrons. The highest BCUT2D eigenvalue weighted by Gasteiger charge is 2.23. The Kier molecular flexibility index (Phi) is 3.88. The third-order valence-corrected chi connectivity index (χ3v) is 5.33. The van der Waals surface area contributed by atoms with Gasteiger partial charge in [0.2, 0.25) is 0 Å². The fraction of sp³-hybridized carbons (Fsp3) is 0.100. The lowest BCUT2D eigenvalue weighted by Crippen LogP contribution is -2.14. The van der Waals surface area contributed by atoms with Crippen LogP contribution in [0.25, 0.3) is 0 Å². The van der Waals surface area contributed by atoms with E-state index in [2.05, 4.69) is 41.6 Å². The lowest BCUT2D eigenvalue weighted by molar-refractivity contribution is 0.569. The third-order valence-electron chi connectivity index (χ3n) is 2.13. The van der Waals surface area contributed by atoms with Gasteiger partial charge in [0.1, 0.15) is 11.2 Å². The van der Waals surface area contributed by atoms with Crippen LogP contribution in [-0.2, 0) is 10.0 Å². The first-order chi connectivity index (χ1) is 8.79.